The maximum absolute atomic E-state index is 12.7. The minimum atomic E-state index is -0.521. The van der Waals surface area contributed by atoms with Gasteiger partial charge in [0.25, 0.3) is 11.6 Å². The molecule has 0 heterocycles. The van der Waals surface area contributed by atoms with E-state index >= 15 is 0 Å². The van der Waals surface area contributed by atoms with Crippen LogP contribution < -0.4 is 4.74 Å². The van der Waals surface area contributed by atoms with Crippen molar-refractivity contribution in [2.24, 2.45) is 0 Å². The van der Waals surface area contributed by atoms with Crippen molar-refractivity contribution in [3.05, 3.63) is 66.2 Å². The normalized spacial score (nSPS) is 10.3. The van der Waals surface area contributed by atoms with Gasteiger partial charge in [-0.2, -0.15) is 0 Å². The molecule has 8 heteroatoms. The average molecular weight is 461 g/mol. The van der Waals surface area contributed by atoms with Crippen LogP contribution in [0.3, 0.4) is 0 Å². The van der Waals surface area contributed by atoms with Crippen molar-refractivity contribution >= 4 is 45.8 Å². The molecule has 24 heavy (non-hydrogen) atoms. The SMILES string of the molecule is COc1ccc(Cl)cc1CN(C)C(=O)c1cc([N+](=O)[O-])ccc1I. The fourth-order valence-corrected chi connectivity index (χ4v) is 2.96. The molecule has 0 atom stereocenters. The highest BCUT2D eigenvalue weighted by Gasteiger charge is 2.20. The number of amides is 1. The number of benzene rings is 2. The third kappa shape index (κ3) is 4.15. The Kier molecular flexibility index (Phi) is 6.00. The number of nitrogens with zero attached hydrogens (tertiary/aromatic N) is 2. The molecule has 0 radical (unpaired) electrons. The number of ether oxygens (including phenoxy) is 1. The molecule has 6 nitrogen and oxygen atoms in total. The molecule has 2 rings (SSSR count). The summed E-state index contributed by atoms with van der Waals surface area (Å²) < 4.78 is 5.92. The van der Waals surface area contributed by atoms with E-state index in [0.717, 1.165) is 5.56 Å². The van der Waals surface area contributed by atoms with Crippen molar-refractivity contribution in [3.63, 3.8) is 0 Å². The Hall–Kier alpha value is -1.87. The van der Waals surface area contributed by atoms with Crippen LogP contribution in [-0.2, 0) is 6.54 Å². The molecule has 2 aromatic carbocycles. The fourth-order valence-electron chi connectivity index (χ4n) is 2.19. The van der Waals surface area contributed by atoms with Gasteiger partial charge in [-0.3, -0.25) is 14.9 Å². The zero-order chi connectivity index (χ0) is 17.9. The van der Waals surface area contributed by atoms with Crippen molar-refractivity contribution < 1.29 is 14.5 Å². The minimum Gasteiger partial charge on any atom is -0.496 e. The van der Waals surface area contributed by atoms with E-state index in [1.54, 1.807) is 31.3 Å². The van der Waals surface area contributed by atoms with Crippen molar-refractivity contribution in [1.82, 2.24) is 4.90 Å². The lowest BCUT2D eigenvalue weighted by atomic mass is 10.1. The number of carbonyl (C=O) groups is 1. The lowest BCUT2D eigenvalue weighted by Gasteiger charge is -2.19. The smallest absolute Gasteiger partial charge is 0.270 e. The van der Waals surface area contributed by atoms with Gasteiger partial charge < -0.3 is 9.64 Å². The zero-order valence-corrected chi connectivity index (χ0v) is 15.9. The highest BCUT2D eigenvalue weighted by atomic mass is 127. The Labute approximate surface area is 157 Å². The Morgan fingerprint density at radius 3 is 2.67 bits per heavy atom. The monoisotopic (exact) mass is 460 g/mol. The zero-order valence-electron chi connectivity index (χ0n) is 13.0. The van der Waals surface area contributed by atoms with E-state index in [0.29, 0.717) is 14.3 Å². The van der Waals surface area contributed by atoms with Gasteiger partial charge in [0.2, 0.25) is 0 Å². The van der Waals surface area contributed by atoms with E-state index in [1.165, 1.54) is 24.1 Å². The first-order valence-electron chi connectivity index (χ1n) is 6.85. The minimum absolute atomic E-state index is 0.118. The van der Waals surface area contributed by atoms with Crippen LogP contribution in [0.15, 0.2) is 36.4 Å². The number of carbonyl (C=O) groups excluding carboxylic acids is 1. The van der Waals surface area contributed by atoms with E-state index in [-0.39, 0.29) is 23.7 Å². The predicted molar refractivity (Wildman–Crippen MR) is 99.6 cm³/mol. The van der Waals surface area contributed by atoms with Crippen LogP contribution in [0.1, 0.15) is 15.9 Å². The van der Waals surface area contributed by atoms with Crippen LogP contribution >= 0.6 is 34.2 Å². The molecule has 0 unspecified atom stereocenters. The van der Waals surface area contributed by atoms with Gasteiger partial charge in [0.1, 0.15) is 5.75 Å². The molecular weight excluding hydrogens is 447 g/mol. The Bertz CT molecular complexity index is 798. The van der Waals surface area contributed by atoms with Crippen LogP contribution in [0, 0.1) is 13.7 Å². The van der Waals surface area contributed by atoms with Crippen LogP contribution in [0.5, 0.6) is 5.75 Å². The molecule has 0 saturated carbocycles. The summed E-state index contributed by atoms with van der Waals surface area (Å²) in [5.41, 5.74) is 0.919. The number of methoxy groups -OCH3 is 1. The first-order chi connectivity index (χ1) is 11.3. The second-order valence-electron chi connectivity index (χ2n) is 5.04. The summed E-state index contributed by atoms with van der Waals surface area (Å²) in [4.78, 5) is 24.5. The third-order valence-electron chi connectivity index (χ3n) is 3.39. The fraction of sp³-hybridized carbons (Fsp3) is 0.188. The standard InChI is InChI=1S/C16H14ClIN2O4/c1-19(9-10-7-11(17)3-6-15(10)24-2)16(21)13-8-12(20(22)23)4-5-14(13)18/h3-8H,9H2,1-2H3. The van der Waals surface area contributed by atoms with Crippen molar-refractivity contribution in [1.29, 1.82) is 0 Å². The molecule has 0 fully saturated rings. The second-order valence-corrected chi connectivity index (χ2v) is 6.64. The lowest BCUT2D eigenvalue weighted by molar-refractivity contribution is -0.384. The number of hydrogen-bond acceptors (Lipinski definition) is 4. The van der Waals surface area contributed by atoms with Gasteiger partial charge in [0.05, 0.1) is 17.6 Å². The van der Waals surface area contributed by atoms with Crippen LogP contribution in [0.4, 0.5) is 5.69 Å². The summed E-state index contributed by atoms with van der Waals surface area (Å²) in [6, 6.07) is 9.37. The summed E-state index contributed by atoms with van der Waals surface area (Å²) in [6.07, 6.45) is 0. The summed E-state index contributed by atoms with van der Waals surface area (Å²) in [7, 11) is 3.16. The Balaban J connectivity index is 2.29. The van der Waals surface area contributed by atoms with E-state index in [4.69, 9.17) is 16.3 Å². The second kappa shape index (κ2) is 7.80. The van der Waals surface area contributed by atoms with Crippen molar-refractivity contribution in [3.8, 4) is 5.75 Å². The quantitative estimate of drug-likeness (QED) is 0.382. The van der Waals surface area contributed by atoms with E-state index < -0.39 is 4.92 Å². The first kappa shape index (κ1) is 18.5. The topological polar surface area (TPSA) is 72.7 Å². The molecule has 0 aliphatic rings. The molecule has 2 aromatic rings. The highest BCUT2D eigenvalue weighted by molar-refractivity contribution is 14.1. The molecule has 0 bridgehead atoms. The number of nitro benzene ring substituents is 1. The Morgan fingerprint density at radius 1 is 1.33 bits per heavy atom. The van der Waals surface area contributed by atoms with Gasteiger partial charge in [-0.15, -0.1) is 0 Å². The number of hydrogen-bond donors (Lipinski definition) is 0. The molecule has 0 spiro atoms. The van der Waals surface area contributed by atoms with Gasteiger partial charge in [-0.1, -0.05) is 11.6 Å². The summed E-state index contributed by atoms with van der Waals surface area (Å²) in [5.74, 6) is 0.304. The molecular formula is C16H14ClIN2O4. The molecule has 0 saturated heterocycles. The van der Waals surface area contributed by atoms with Crippen LogP contribution in [0.2, 0.25) is 5.02 Å². The lowest BCUT2D eigenvalue weighted by Crippen LogP contribution is -2.27. The van der Waals surface area contributed by atoms with E-state index in [9.17, 15) is 14.9 Å². The van der Waals surface area contributed by atoms with E-state index in [1.807, 2.05) is 22.6 Å². The van der Waals surface area contributed by atoms with Gasteiger partial charge >= 0.3 is 0 Å². The highest BCUT2D eigenvalue weighted by Crippen LogP contribution is 2.25. The summed E-state index contributed by atoms with van der Waals surface area (Å²) >= 11 is 7.98. The molecule has 0 aliphatic heterocycles. The molecule has 1 amide bonds. The average Bonchev–Trinajstić information content (AvgIpc) is 2.54. The van der Waals surface area contributed by atoms with Gasteiger partial charge in [0, 0.05) is 39.9 Å². The van der Waals surface area contributed by atoms with Crippen molar-refractivity contribution in [2.75, 3.05) is 14.2 Å². The number of non-ortho nitro benzene ring substituents is 1. The van der Waals surface area contributed by atoms with Crippen LogP contribution in [-0.4, -0.2) is 29.9 Å². The van der Waals surface area contributed by atoms with E-state index in [2.05, 4.69) is 0 Å². The maximum Gasteiger partial charge on any atom is 0.270 e. The molecule has 0 aliphatic carbocycles. The van der Waals surface area contributed by atoms with Gasteiger partial charge in [0.15, 0.2) is 0 Å². The predicted octanol–water partition coefficient (Wildman–Crippen LogP) is 4.13. The number of nitro groups is 1. The summed E-state index contributed by atoms with van der Waals surface area (Å²) in [5, 5.41) is 11.5. The summed E-state index contributed by atoms with van der Waals surface area (Å²) in [6.45, 7) is 0.265. The van der Waals surface area contributed by atoms with Crippen molar-refractivity contribution in [2.45, 2.75) is 6.54 Å². The number of halogens is 2. The molecule has 0 N–H and O–H groups in total. The third-order valence-corrected chi connectivity index (χ3v) is 4.56. The Morgan fingerprint density at radius 2 is 2.04 bits per heavy atom. The van der Waals surface area contributed by atoms with Crippen LogP contribution in [0.25, 0.3) is 0 Å². The first-order valence-corrected chi connectivity index (χ1v) is 8.31. The largest absolute Gasteiger partial charge is 0.496 e. The molecule has 126 valence electrons. The molecule has 0 aromatic heterocycles. The van der Waals surface area contributed by atoms with Gasteiger partial charge in [-0.05, 0) is 46.9 Å². The van der Waals surface area contributed by atoms with Gasteiger partial charge in [-0.25, -0.2) is 0 Å². The maximum atomic E-state index is 12.7. The number of rotatable bonds is 5.